The fourth-order valence-electron chi connectivity index (χ4n) is 2.53. The molecule has 0 aromatic carbocycles. The molecular weight excluding hydrogens is 268 g/mol. The summed E-state index contributed by atoms with van der Waals surface area (Å²) in [6.45, 7) is 5.91. The quantitative estimate of drug-likeness (QED) is 0.863. The van der Waals surface area contributed by atoms with Gasteiger partial charge in [0.05, 0.1) is 5.56 Å². The first-order valence-electron chi connectivity index (χ1n) is 7.12. The average Bonchev–Trinajstić information content (AvgIpc) is 2.94. The minimum absolute atomic E-state index is 0.0313. The van der Waals surface area contributed by atoms with Crippen molar-refractivity contribution in [2.45, 2.75) is 20.3 Å². The van der Waals surface area contributed by atoms with Gasteiger partial charge in [-0.05, 0) is 36.0 Å². The predicted octanol–water partition coefficient (Wildman–Crippen LogP) is 2.30. The molecule has 112 valence electrons. The van der Waals surface area contributed by atoms with Gasteiger partial charge in [0.2, 0.25) is 0 Å². The molecule has 5 heteroatoms. The summed E-state index contributed by atoms with van der Waals surface area (Å²) >= 11 is 0. The van der Waals surface area contributed by atoms with E-state index in [-0.39, 0.29) is 5.91 Å². The third-order valence-corrected chi connectivity index (χ3v) is 3.88. The fourth-order valence-corrected chi connectivity index (χ4v) is 2.53. The Morgan fingerprint density at radius 2 is 2.19 bits per heavy atom. The van der Waals surface area contributed by atoms with Crippen LogP contribution in [0, 0.1) is 11.8 Å². The molecule has 1 amide bonds. The summed E-state index contributed by atoms with van der Waals surface area (Å²) in [5.41, 5.74) is 1.12. The molecule has 0 spiro atoms. The molecule has 1 aliphatic heterocycles. The summed E-state index contributed by atoms with van der Waals surface area (Å²) in [6.07, 6.45) is 6.58. The second-order valence-corrected chi connectivity index (χ2v) is 5.72. The number of carboxylic acid groups (broad SMARTS) is 1. The number of aliphatic carboxylic acids is 1. The van der Waals surface area contributed by atoms with Crippen LogP contribution in [0.3, 0.4) is 0 Å². The van der Waals surface area contributed by atoms with Crippen molar-refractivity contribution in [1.82, 2.24) is 9.88 Å². The zero-order valence-electron chi connectivity index (χ0n) is 12.3. The third kappa shape index (κ3) is 3.90. The summed E-state index contributed by atoms with van der Waals surface area (Å²) in [4.78, 5) is 28.8. The van der Waals surface area contributed by atoms with E-state index in [9.17, 15) is 9.59 Å². The molecule has 0 radical (unpaired) electrons. The van der Waals surface area contributed by atoms with Crippen molar-refractivity contribution in [3.05, 3.63) is 35.7 Å². The molecule has 1 atom stereocenters. The number of nitrogens with zero attached hydrogens (tertiary/aromatic N) is 2. The van der Waals surface area contributed by atoms with Crippen LogP contribution in [-0.2, 0) is 4.79 Å². The van der Waals surface area contributed by atoms with Crippen LogP contribution in [0.2, 0.25) is 0 Å². The predicted molar refractivity (Wildman–Crippen MR) is 79.8 cm³/mol. The Balaban J connectivity index is 2.10. The molecule has 1 aromatic heterocycles. The van der Waals surface area contributed by atoms with Gasteiger partial charge in [-0.25, -0.2) is 4.79 Å². The topological polar surface area (TPSA) is 70.5 Å². The number of carbonyl (C=O) groups excluding carboxylic acids is 1. The number of likely N-dealkylation sites (tertiary alicyclic amines) is 1. The molecule has 1 N–H and O–H groups in total. The highest BCUT2D eigenvalue weighted by atomic mass is 16.4. The highest BCUT2D eigenvalue weighted by Crippen LogP contribution is 2.24. The molecule has 0 bridgehead atoms. The lowest BCUT2D eigenvalue weighted by molar-refractivity contribution is -0.131. The van der Waals surface area contributed by atoms with E-state index in [2.05, 4.69) is 18.8 Å². The Bertz CT molecular complexity index is 566. The molecule has 0 aliphatic carbocycles. The van der Waals surface area contributed by atoms with E-state index in [0.29, 0.717) is 23.0 Å². The van der Waals surface area contributed by atoms with E-state index in [1.54, 1.807) is 6.07 Å². The minimum Gasteiger partial charge on any atom is -0.478 e. The van der Waals surface area contributed by atoms with E-state index in [1.165, 1.54) is 18.5 Å². The summed E-state index contributed by atoms with van der Waals surface area (Å²) in [5.74, 6) is 0.0741. The van der Waals surface area contributed by atoms with Crippen LogP contribution >= 0.6 is 0 Å². The van der Waals surface area contributed by atoms with Crippen LogP contribution in [0.25, 0.3) is 6.08 Å². The molecule has 0 saturated carbocycles. The first-order chi connectivity index (χ1) is 9.97. The van der Waals surface area contributed by atoms with Crippen molar-refractivity contribution in [2.75, 3.05) is 13.1 Å². The van der Waals surface area contributed by atoms with E-state index >= 15 is 0 Å². The van der Waals surface area contributed by atoms with Crippen LogP contribution in [0.5, 0.6) is 0 Å². The van der Waals surface area contributed by atoms with Crippen molar-refractivity contribution in [3.63, 3.8) is 0 Å². The Kier molecular flexibility index (Phi) is 4.73. The SMILES string of the molecule is CC(C)C1CCN(C(=O)c2cncc(/C=C/C(=O)O)c2)C1. The van der Waals surface area contributed by atoms with Crippen LogP contribution in [-0.4, -0.2) is 40.0 Å². The molecule has 1 saturated heterocycles. The number of pyridine rings is 1. The molecule has 1 fully saturated rings. The fraction of sp³-hybridized carbons (Fsp3) is 0.438. The first kappa shape index (κ1) is 15.2. The largest absolute Gasteiger partial charge is 0.478 e. The molecule has 2 rings (SSSR count). The maximum Gasteiger partial charge on any atom is 0.328 e. The number of hydrogen-bond donors (Lipinski definition) is 1. The molecule has 1 unspecified atom stereocenters. The lowest BCUT2D eigenvalue weighted by Gasteiger charge is -2.18. The second-order valence-electron chi connectivity index (χ2n) is 5.72. The smallest absolute Gasteiger partial charge is 0.328 e. The lowest BCUT2D eigenvalue weighted by atomic mass is 9.95. The normalized spacial score (nSPS) is 18.6. The molecule has 2 heterocycles. The number of rotatable bonds is 4. The van der Waals surface area contributed by atoms with Crippen LogP contribution in [0.15, 0.2) is 24.5 Å². The van der Waals surface area contributed by atoms with E-state index in [0.717, 1.165) is 25.6 Å². The highest BCUT2D eigenvalue weighted by Gasteiger charge is 2.28. The van der Waals surface area contributed by atoms with Crippen molar-refractivity contribution in [2.24, 2.45) is 11.8 Å². The van der Waals surface area contributed by atoms with Crippen LogP contribution in [0.4, 0.5) is 0 Å². The van der Waals surface area contributed by atoms with Gasteiger partial charge in [-0.1, -0.05) is 13.8 Å². The second kappa shape index (κ2) is 6.52. The van der Waals surface area contributed by atoms with E-state index in [1.807, 2.05) is 4.90 Å². The van der Waals surface area contributed by atoms with Gasteiger partial charge in [-0.2, -0.15) is 0 Å². The van der Waals surface area contributed by atoms with Crippen molar-refractivity contribution in [3.8, 4) is 0 Å². The minimum atomic E-state index is -1.02. The zero-order valence-corrected chi connectivity index (χ0v) is 12.3. The summed E-state index contributed by atoms with van der Waals surface area (Å²) in [7, 11) is 0. The first-order valence-corrected chi connectivity index (χ1v) is 7.12. The van der Waals surface area contributed by atoms with Gasteiger partial charge in [0.25, 0.3) is 5.91 Å². The van der Waals surface area contributed by atoms with E-state index < -0.39 is 5.97 Å². The van der Waals surface area contributed by atoms with Crippen LogP contribution < -0.4 is 0 Å². The lowest BCUT2D eigenvalue weighted by Crippen LogP contribution is -2.29. The van der Waals surface area contributed by atoms with Crippen molar-refractivity contribution >= 4 is 18.0 Å². The Morgan fingerprint density at radius 3 is 2.81 bits per heavy atom. The number of carbonyl (C=O) groups is 2. The molecule has 1 aromatic rings. The molecular formula is C16H20N2O3. The average molecular weight is 288 g/mol. The summed E-state index contributed by atoms with van der Waals surface area (Å²) in [5, 5.41) is 8.62. The number of carboxylic acids is 1. The maximum absolute atomic E-state index is 12.5. The van der Waals surface area contributed by atoms with Crippen molar-refractivity contribution < 1.29 is 14.7 Å². The highest BCUT2D eigenvalue weighted by molar-refractivity contribution is 5.95. The van der Waals surface area contributed by atoms with Gasteiger partial charge < -0.3 is 10.0 Å². The van der Waals surface area contributed by atoms with Gasteiger partial charge in [0.1, 0.15) is 0 Å². The van der Waals surface area contributed by atoms with Crippen molar-refractivity contribution in [1.29, 1.82) is 0 Å². The van der Waals surface area contributed by atoms with Gasteiger partial charge in [-0.15, -0.1) is 0 Å². The monoisotopic (exact) mass is 288 g/mol. The standard InChI is InChI=1S/C16H20N2O3/c1-11(2)13-5-6-18(10-13)16(21)14-7-12(8-17-9-14)3-4-15(19)20/h3-4,7-9,11,13H,5-6,10H2,1-2H3,(H,19,20)/b4-3+. The number of amides is 1. The number of aromatic nitrogens is 1. The molecule has 5 nitrogen and oxygen atoms in total. The Hall–Kier alpha value is -2.17. The molecule has 1 aliphatic rings. The Labute approximate surface area is 124 Å². The van der Waals surface area contributed by atoms with Gasteiger partial charge >= 0.3 is 5.97 Å². The van der Waals surface area contributed by atoms with Crippen LogP contribution in [0.1, 0.15) is 36.2 Å². The Morgan fingerprint density at radius 1 is 1.43 bits per heavy atom. The summed E-state index contributed by atoms with van der Waals surface area (Å²) in [6, 6.07) is 1.68. The number of hydrogen-bond acceptors (Lipinski definition) is 3. The zero-order chi connectivity index (χ0) is 15.4. The van der Waals surface area contributed by atoms with Gasteiger partial charge in [-0.3, -0.25) is 9.78 Å². The maximum atomic E-state index is 12.5. The summed E-state index contributed by atoms with van der Waals surface area (Å²) < 4.78 is 0. The third-order valence-electron chi connectivity index (χ3n) is 3.88. The van der Waals surface area contributed by atoms with E-state index in [4.69, 9.17) is 5.11 Å². The van der Waals surface area contributed by atoms with Gasteiger partial charge in [0.15, 0.2) is 0 Å². The molecule has 21 heavy (non-hydrogen) atoms. The van der Waals surface area contributed by atoms with Gasteiger partial charge in [0, 0.05) is 31.6 Å².